The summed E-state index contributed by atoms with van der Waals surface area (Å²) >= 11 is -1.40. The van der Waals surface area contributed by atoms with Crippen LogP contribution in [-0.4, -0.2) is 33.9 Å². The molecule has 0 heterocycles. The van der Waals surface area contributed by atoms with Crippen LogP contribution in [0.3, 0.4) is 0 Å². The van der Waals surface area contributed by atoms with Crippen LogP contribution < -0.4 is 8.81 Å². The van der Waals surface area contributed by atoms with Gasteiger partial charge in [-0.3, -0.25) is 0 Å². The van der Waals surface area contributed by atoms with Crippen molar-refractivity contribution in [2.75, 3.05) is 5.75 Å². The number of hydrogen-bond acceptors (Lipinski definition) is 4. The van der Waals surface area contributed by atoms with E-state index in [2.05, 4.69) is 0 Å². The molecule has 1 rings (SSSR count). The summed E-state index contributed by atoms with van der Waals surface area (Å²) in [5, 5.41) is 17.3. The maximum atomic E-state index is 10.6. The number of carbonyl (C=O) groups is 2. The molecule has 1 aromatic carbocycles. The molecular weight excluding hydrogens is 431 g/mol. The maximum absolute atomic E-state index is 10.6. The van der Waals surface area contributed by atoms with Gasteiger partial charge in [0.25, 0.3) is 0 Å². The number of aliphatic carboxylic acids is 1. The monoisotopic (exact) mass is 443 g/mol. The average molecular weight is 442 g/mol. The molecule has 88 valence electrons. The van der Waals surface area contributed by atoms with Gasteiger partial charge < -0.3 is 0 Å². The van der Waals surface area contributed by atoms with E-state index in [-0.39, 0.29) is 5.56 Å². The van der Waals surface area contributed by atoms with Crippen molar-refractivity contribution < 1.29 is 42.9 Å². The molecule has 0 fully saturated rings. The van der Waals surface area contributed by atoms with E-state index in [1.165, 1.54) is 0 Å². The van der Waals surface area contributed by atoms with Crippen LogP contribution in [0.15, 0.2) is 24.3 Å². The molecule has 4 N–H and O–H groups in total. The Bertz CT molecular complexity index is 409. The zero-order chi connectivity index (χ0) is 12.8. The molecule has 0 aliphatic rings. The van der Waals surface area contributed by atoms with Crippen molar-refractivity contribution in [1.82, 2.24) is 0 Å². The molecular formula is C10H11HgNO4S. The molecule has 7 heteroatoms. The minimum absolute atomic E-state index is 0.273. The Morgan fingerprint density at radius 3 is 2.35 bits per heavy atom. The molecule has 5 nitrogen and oxygen atoms in total. The molecule has 17 heavy (non-hydrogen) atoms. The second-order valence-electron chi connectivity index (χ2n) is 3.46. The molecule has 1 aromatic rings. The quantitative estimate of drug-likeness (QED) is 0.543. The van der Waals surface area contributed by atoms with Gasteiger partial charge in [0, 0.05) is 0 Å². The second-order valence-corrected chi connectivity index (χ2v) is 15.8. The van der Waals surface area contributed by atoms with Gasteiger partial charge in [0.15, 0.2) is 0 Å². The number of rotatable bonds is 6. The van der Waals surface area contributed by atoms with Crippen molar-refractivity contribution in [3.63, 3.8) is 0 Å². The normalized spacial score (nSPS) is 11.6. The topological polar surface area (TPSA) is 101 Å². The fourth-order valence-corrected chi connectivity index (χ4v) is 12.3. The Hall–Kier alpha value is -0.595. The van der Waals surface area contributed by atoms with Crippen LogP contribution >= 0.6 is 8.24 Å². The number of aromatic carboxylic acids is 1. The van der Waals surface area contributed by atoms with E-state index in [9.17, 15) is 9.59 Å². The third-order valence-electron chi connectivity index (χ3n) is 2.08. The van der Waals surface area contributed by atoms with Crippen molar-refractivity contribution in [2.45, 2.75) is 6.04 Å². The molecule has 0 saturated carbocycles. The van der Waals surface area contributed by atoms with E-state index in [1.54, 1.807) is 20.4 Å². The molecule has 0 amide bonds. The predicted octanol–water partition coefficient (Wildman–Crippen LogP) is 0.153. The van der Waals surface area contributed by atoms with Crippen molar-refractivity contribution in [3.8, 4) is 0 Å². The summed E-state index contributed by atoms with van der Waals surface area (Å²) in [4.78, 5) is 21.1. The number of carboxylic acids is 2. The third-order valence-corrected chi connectivity index (χ3v) is 14.1. The van der Waals surface area contributed by atoms with Crippen molar-refractivity contribution in [1.29, 1.82) is 0 Å². The Kier molecular flexibility index (Phi) is 5.94. The van der Waals surface area contributed by atoms with Crippen LogP contribution in [0.1, 0.15) is 10.4 Å². The zero-order valence-corrected chi connectivity index (χ0v) is 15.3. The fraction of sp³-hybridized carbons (Fsp3) is 0.200. The molecule has 0 saturated heterocycles. The first kappa shape index (κ1) is 14.5. The van der Waals surface area contributed by atoms with E-state index in [0.717, 1.165) is 3.07 Å². The van der Waals surface area contributed by atoms with Crippen LogP contribution in [0.4, 0.5) is 0 Å². The van der Waals surface area contributed by atoms with Gasteiger partial charge in [-0.05, 0) is 0 Å². The Balaban J connectivity index is 2.42. The van der Waals surface area contributed by atoms with E-state index in [4.69, 9.17) is 15.9 Å². The Morgan fingerprint density at radius 2 is 1.88 bits per heavy atom. The number of nitrogens with two attached hydrogens (primary N) is 1. The molecule has 0 spiro atoms. The summed E-state index contributed by atoms with van der Waals surface area (Å²) in [7, 11) is 1.63. The number of benzene rings is 1. The molecule has 0 aromatic heterocycles. The summed E-state index contributed by atoms with van der Waals surface area (Å²) in [6.45, 7) is 0. The fourth-order valence-electron chi connectivity index (χ4n) is 1.12. The molecule has 0 aliphatic carbocycles. The summed E-state index contributed by atoms with van der Waals surface area (Å²) in [5.41, 5.74) is 5.65. The molecule has 0 radical (unpaired) electrons. The SMILES string of the molecule is N[C@@H](C[S][Hg][c]1ccc(C(=O)O)cc1)C(=O)O. The molecule has 0 aliphatic heterocycles. The second kappa shape index (κ2) is 6.98. The third kappa shape index (κ3) is 5.05. The van der Waals surface area contributed by atoms with Crippen LogP contribution in [0.25, 0.3) is 0 Å². The van der Waals surface area contributed by atoms with Crippen LogP contribution in [0, 0.1) is 0 Å². The van der Waals surface area contributed by atoms with Gasteiger partial charge in [-0.1, -0.05) is 0 Å². The first-order valence-corrected chi connectivity index (χ1v) is 15.5. The van der Waals surface area contributed by atoms with Gasteiger partial charge in [0.05, 0.1) is 0 Å². The van der Waals surface area contributed by atoms with Crippen LogP contribution in [0.2, 0.25) is 0 Å². The molecule has 1 atom stereocenters. The zero-order valence-electron chi connectivity index (χ0n) is 9.00. The number of carboxylic acid groups (broad SMARTS) is 2. The summed E-state index contributed by atoms with van der Waals surface area (Å²) < 4.78 is 1.16. The van der Waals surface area contributed by atoms with E-state index in [0.29, 0.717) is 5.75 Å². The van der Waals surface area contributed by atoms with Gasteiger partial charge in [0.1, 0.15) is 0 Å². The number of hydrogen-bond donors (Lipinski definition) is 3. The van der Waals surface area contributed by atoms with Crippen LogP contribution in [-0.2, 0) is 27.9 Å². The van der Waals surface area contributed by atoms with Gasteiger partial charge in [-0.2, -0.15) is 0 Å². The van der Waals surface area contributed by atoms with Crippen LogP contribution in [0.5, 0.6) is 0 Å². The Labute approximate surface area is 113 Å². The van der Waals surface area contributed by atoms with Crippen molar-refractivity contribution >= 4 is 23.3 Å². The summed E-state index contributed by atoms with van der Waals surface area (Å²) in [6.07, 6.45) is 0. The van der Waals surface area contributed by atoms with Gasteiger partial charge in [-0.25, -0.2) is 0 Å². The van der Waals surface area contributed by atoms with Gasteiger partial charge in [0.2, 0.25) is 0 Å². The van der Waals surface area contributed by atoms with E-state index in [1.807, 2.05) is 12.1 Å². The van der Waals surface area contributed by atoms with E-state index >= 15 is 0 Å². The van der Waals surface area contributed by atoms with Crippen molar-refractivity contribution in [3.05, 3.63) is 29.8 Å². The molecule has 0 unspecified atom stereocenters. The first-order valence-electron chi connectivity index (χ1n) is 4.89. The van der Waals surface area contributed by atoms with E-state index < -0.39 is 41.0 Å². The summed E-state index contributed by atoms with van der Waals surface area (Å²) in [5.74, 6) is -1.49. The average Bonchev–Trinajstić information content (AvgIpc) is 2.29. The standard InChI is InChI=1S/C7H5O2.C3H7NO2S.Hg/c8-7(9)6-4-2-1-3-5-6;4-2(1-7)3(5)6;/h2-5H,(H,8,9);2,7H,1,4H2,(H,5,6);/q;;+1/p-1/t;2-;/m.0./s1. The summed E-state index contributed by atoms with van der Waals surface area (Å²) in [6, 6.07) is 5.97. The van der Waals surface area contributed by atoms with Crippen molar-refractivity contribution in [2.24, 2.45) is 5.73 Å². The minimum atomic E-state index is -1.40. The first-order chi connectivity index (χ1) is 8.00. The van der Waals surface area contributed by atoms with Gasteiger partial charge in [-0.15, -0.1) is 0 Å². The molecule has 0 bridgehead atoms. The predicted molar refractivity (Wildman–Crippen MR) is 61.1 cm³/mol. The van der Waals surface area contributed by atoms with Gasteiger partial charge >= 0.3 is 113 Å². The Morgan fingerprint density at radius 1 is 1.29 bits per heavy atom.